The van der Waals surface area contributed by atoms with Crippen molar-refractivity contribution in [3.05, 3.63) is 23.8 Å². The number of nitrogen functional groups attached to an aromatic ring is 1. The van der Waals surface area contributed by atoms with Crippen LogP contribution in [0, 0.1) is 0 Å². The summed E-state index contributed by atoms with van der Waals surface area (Å²) in [5.41, 5.74) is 7.15. The third-order valence-corrected chi connectivity index (χ3v) is 2.34. The number of carboxylic acid groups (broad SMARTS) is 1. The zero-order valence-electron chi connectivity index (χ0n) is 9.18. The van der Waals surface area contributed by atoms with Gasteiger partial charge in [0.2, 0.25) is 0 Å². The Labute approximate surface area is 94.1 Å². The molecule has 0 saturated heterocycles. The molecule has 5 nitrogen and oxygen atoms in total. The summed E-state index contributed by atoms with van der Waals surface area (Å²) in [5.74, 6) is -0.990. The number of aromatic carboxylic acids is 1. The van der Waals surface area contributed by atoms with E-state index < -0.39 is 5.97 Å². The van der Waals surface area contributed by atoms with Crippen LogP contribution >= 0.6 is 0 Å². The van der Waals surface area contributed by atoms with Crippen LogP contribution in [0.2, 0.25) is 0 Å². The van der Waals surface area contributed by atoms with Crippen molar-refractivity contribution < 1.29 is 15.0 Å². The van der Waals surface area contributed by atoms with E-state index in [4.69, 9.17) is 15.9 Å². The second kappa shape index (κ2) is 5.37. The standard InChI is InChI=1S/C11H16N2O3/c1-13(5-2-6-14)10-4-3-8(11(15)16)7-9(10)12/h3-4,7,14H,2,5-6,12H2,1H3,(H,15,16). The lowest BCUT2D eigenvalue weighted by molar-refractivity contribution is 0.0697. The Morgan fingerprint density at radius 3 is 2.69 bits per heavy atom. The highest BCUT2D eigenvalue weighted by Gasteiger charge is 2.08. The fraction of sp³-hybridized carbons (Fsp3) is 0.364. The first kappa shape index (κ1) is 12.3. The van der Waals surface area contributed by atoms with Crippen molar-refractivity contribution in [2.45, 2.75) is 6.42 Å². The molecule has 0 aliphatic heterocycles. The molecule has 0 saturated carbocycles. The quantitative estimate of drug-likeness (QED) is 0.643. The van der Waals surface area contributed by atoms with Crippen LogP contribution in [-0.2, 0) is 0 Å². The molecule has 1 aromatic rings. The first-order valence-electron chi connectivity index (χ1n) is 5.01. The van der Waals surface area contributed by atoms with Crippen molar-refractivity contribution in [1.82, 2.24) is 0 Å². The van der Waals surface area contributed by atoms with E-state index in [0.717, 1.165) is 5.69 Å². The molecule has 0 amide bonds. The van der Waals surface area contributed by atoms with Crippen molar-refractivity contribution in [2.75, 3.05) is 30.8 Å². The van der Waals surface area contributed by atoms with E-state index in [-0.39, 0.29) is 12.2 Å². The average Bonchev–Trinajstić information content (AvgIpc) is 2.25. The van der Waals surface area contributed by atoms with Crippen LogP contribution < -0.4 is 10.6 Å². The molecule has 0 aromatic heterocycles. The van der Waals surface area contributed by atoms with E-state index in [1.165, 1.54) is 12.1 Å². The van der Waals surface area contributed by atoms with E-state index in [0.29, 0.717) is 18.7 Å². The molecule has 4 N–H and O–H groups in total. The summed E-state index contributed by atoms with van der Waals surface area (Å²) in [7, 11) is 1.85. The van der Waals surface area contributed by atoms with Gasteiger partial charge in [0.15, 0.2) is 0 Å². The van der Waals surface area contributed by atoms with Gasteiger partial charge in [0, 0.05) is 20.2 Å². The average molecular weight is 224 g/mol. The van der Waals surface area contributed by atoms with Crippen LogP contribution in [0.15, 0.2) is 18.2 Å². The summed E-state index contributed by atoms with van der Waals surface area (Å²) in [4.78, 5) is 12.6. The highest BCUT2D eigenvalue weighted by Crippen LogP contribution is 2.23. The summed E-state index contributed by atoms with van der Waals surface area (Å²) in [6.07, 6.45) is 0.649. The van der Waals surface area contributed by atoms with Gasteiger partial charge in [-0.3, -0.25) is 0 Å². The molecule has 0 heterocycles. The second-order valence-corrected chi connectivity index (χ2v) is 3.58. The van der Waals surface area contributed by atoms with Gasteiger partial charge in [0.1, 0.15) is 0 Å². The minimum Gasteiger partial charge on any atom is -0.478 e. The van der Waals surface area contributed by atoms with Crippen molar-refractivity contribution in [3.63, 3.8) is 0 Å². The third kappa shape index (κ3) is 2.87. The number of benzene rings is 1. The topological polar surface area (TPSA) is 86.8 Å². The normalized spacial score (nSPS) is 10.1. The molecule has 1 rings (SSSR count). The summed E-state index contributed by atoms with van der Waals surface area (Å²) in [5, 5.41) is 17.5. The van der Waals surface area contributed by atoms with E-state index in [1.807, 2.05) is 11.9 Å². The van der Waals surface area contributed by atoms with Crippen LogP contribution in [0.3, 0.4) is 0 Å². The Kier molecular flexibility index (Phi) is 4.13. The zero-order valence-corrected chi connectivity index (χ0v) is 9.18. The van der Waals surface area contributed by atoms with Crippen LogP contribution in [-0.4, -0.2) is 36.4 Å². The lowest BCUT2D eigenvalue weighted by atomic mass is 10.1. The molecule has 5 heteroatoms. The summed E-state index contributed by atoms with van der Waals surface area (Å²) >= 11 is 0. The number of carboxylic acids is 1. The van der Waals surface area contributed by atoms with Crippen LogP contribution in [0.25, 0.3) is 0 Å². The SMILES string of the molecule is CN(CCCO)c1ccc(C(=O)O)cc1N. The van der Waals surface area contributed by atoms with Crippen molar-refractivity contribution in [1.29, 1.82) is 0 Å². The number of nitrogens with two attached hydrogens (primary N) is 1. The predicted octanol–water partition coefficient (Wildman–Crippen LogP) is 0.786. The largest absolute Gasteiger partial charge is 0.478 e. The lowest BCUT2D eigenvalue weighted by Crippen LogP contribution is -2.20. The van der Waals surface area contributed by atoms with Gasteiger partial charge in [0.25, 0.3) is 0 Å². The molecule has 1 aromatic carbocycles. The maximum atomic E-state index is 10.7. The smallest absolute Gasteiger partial charge is 0.335 e. The Balaban J connectivity index is 2.85. The van der Waals surface area contributed by atoms with Gasteiger partial charge >= 0.3 is 5.97 Å². The summed E-state index contributed by atoms with van der Waals surface area (Å²) in [6.45, 7) is 0.796. The maximum Gasteiger partial charge on any atom is 0.335 e. The number of hydrogen-bond donors (Lipinski definition) is 3. The van der Waals surface area contributed by atoms with E-state index in [9.17, 15) is 4.79 Å². The highest BCUT2D eigenvalue weighted by atomic mass is 16.4. The first-order chi connectivity index (χ1) is 7.56. The van der Waals surface area contributed by atoms with Gasteiger partial charge in [-0.05, 0) is 24.6 Å². The van der Waals surface area contributed by atoms with Crippen LogP contribution in [0.5, 0.6) is 0 Å². The minimum absolute atomic E-state index is 0.122. The molecule has 0 aliphatic rings. The number of nitrogens with zero attached hydrogens (tertiary/aromatic N) is 1. The number of hydrogen-bond acceptors (Lipinski definition) is 4. The first-order valence-corrected chi connectivity index (χ1v) is 5.01. The Morgan fingerprint density at radius 1 is 1.50 bits per heavy atom. The molecule has 0 atom stereocenters. The Morgan fingerprint density at radius 2 is 2.19 bits per heavy atom. The van der Waals surface area contributed by atoms with Gasteiger partial charge in [-0.1, -0.05) is 0 Å². The van der Waals surface area contributed by atoms with Gasteiger partial charge in [-0.25, -0.2) is 4.79 Å². The van der Waals surface area contributed by atoms with Crippen molar-refractivity contribution in [2.24, 2.45) is 0 Å². The Hall–Kier alpha value is -1.75. The fourth-order valence-corrected chi connectivity index (χ4v) is 1.46. The van der Waals surface area contributed by atoms with E-state index in [1.54, 1.807) is 6.07 Å². The molecular weight excluding hydrogens is 208 g/mol. The van der Waals surface area contributed by atoms with Gasteiger partial charge in [-0.15, -0.1) is 0 Å². The molecule has 0 bridgehead atoms. The minimum atomic E-state index is -0.990. The number of aliphatic hydroxyl groups excluding tert-OH is 1. The molecule has 0 radical (unpaired) electrons. The maximum absolute atomic E-state index is 10.7. The molecular formula is C11H16N2O3. The molecule has 88 valence electrons. The number of carbonyl (C=O) groups is 1. The molecule has 16 heavy (non-hydrogen) atoms. The number of anilines is 2. The fourth-order valence-electron chi connectivity index (χ4n) is 1.46. The molecule has 0 unspecified atom stereocenters. The second-order valence-electron chi connectivity index (χ2n) is 3.58. The lowest BCUT2D eigenvalue weighted by Gasteiger charge is -2.20. The van der Waals surface area contributed by atoms with Crippen molar-refractivity contribution >= 4 is 17.3 Å². The molecule has 0 aliphatic carbocycles. The van der Waals surface area contributed by atoms with E-state index in [2.05, 4.69) is 0 Å². The zero-order chi connectivity index (χ0) is 12.1. The monoisotopic (exact) mass is 224 g/mol. The van der Waals surface area contributed by atoms with Crippen molar-refractivity contribution in [3.8, 4) is 0 Å². The van der Waals surface area contributed by atoms with Crippen LogP contribution in [0.1, 0.15) is 16.8 Å². The number of rotatable bonds is 5. The van der Waals surface area contributed by atoms with Crippen LogP contribution in [0.4, 0.5) is 11.4 Å². The van der Waals surface area contributed by atoms with E-state index >= 15 is 0 Å². The Bertz CT molecular complexity index is 379. The summed E-state index contributed by atoms with van der Waals surface area (Å²) < 4.78 is 0. The molecule has 0 fully saturated rings. The third-order valence-electron chi connectivity index (χ3n) is 2.34. The molecule has 0 spiro atoms. The summed E-state index contributed by atoms with van der Waals surface area (Å²) in [6, 6.07) is 4.63. The van der Waals surface area contributed by atoms with Gasteiger partial charge in [-0.2, -0.15) is 0 Å². The van der Waals surface area contributed by atoms with Gasteiger partial charge in [0.05, 0.1) is 16.9 Å². The highest BCUT2D eigenvalue weighted by molar-refractivity contribution is 5.90. The van der Waals surface area contributed by atoms with Gasteiger partial charge < -0.3 is 20.8 Å². The predicted molar refractivity (Wildman–Crippen MR) is 62.8 cm³/mol. The number of aliphatic hydroxyl groups is 1.